The van der Waals surface area contributed by atoms with E-state index in [1.165, 1.54) is 0 Å². The molecule has 0 heterocycles. The van der Waals surface area contributed by atoms with Gasteiger partial charge in [-0.1, -0.05) is 34.1 Å². The van der Waals surface area contributed by atoms with Crippen molar-refractivity contribution in [1.82, 2.24) is 0 Å². The molecular weight excluding hydrogens is 192 g/mol. The molecule has 0 aliphatic carbocycles. The summed E-state index contributed by atoms with van der Waals surface area (Å²) in [6, 6.07) is 0. The van der Waals surface area contributed by atoms with Crippen LogP contribution < -0.4 is 0 Å². The highest BCUT2D eigenvalue weighted by atomic mass is 17.2. The van der Waals surface area contributed by atoms with Crippen LogP contribution in [0.5, 0.6) is 0 Å². The van der Waals surface area contributed by atoms with E-state index in [4.69, 9.17) is 9.78 Å². The maximum absolute atomic E-state index is 10.9. The van der Waals surface area contributed by atoms with Gasteiger partial charge >= 0.3 is 5.97 Å². The monoisotopic (exact) mass is 216 g/mol. The van der Waals surface area contributed by atoms with E-state index in [1.807, 2.05) is 13.8 Å². The minimum absolute atomic E-state index is 0.197. The lowest BCUT2D eigenvalue weighted by Crippen LogP contribution is -2.32. The van der Waals surface area contributed by atoms with Gasteiger partial charge in [0.1, 0.15) is 5.60 Å². The summed E-state index contributed by atoms with van der Waals surface area (Å²) >= 11 is 0. The van der Waals surface area contributed by atoms with Gasteiger partial charge in [-0.2, -0.15) is 4.89 Å². The predicted octanol–water partition coefficient (Wildman–Crippen LogP) is 3.48. The van der Waals surface area contributed by atoms with Crippen LogP contribution in [0.25, 0.3) is 0 Å². The maximum Gasteiger partial charge on any atom is 0.342 e. The Morgan fingerprint density at radius 2 is 1.67 bits per heavy atom. The van der Waals surface area contributed by atoms with Gasteiger partial charge < -0.3 is 0 Å². The van der Waals surface area contributed by atoms with Crippen LogP contribution in [0.4, 0.5) is 0 Å². The van der Waals surface area contributed by atoms with Gasteiger partial charge in [0.2, 0.25) is 0 Å². The molecule has 3 nitrogen and oxygen atoms in total. The minimum atomic E-state index is -0.426. The van der Waals surface area contributed by atoms with Crippen LogP contribution in [0.15, 0.2) is 0 Å². The molecule has 90 valence electrons. The normalized spacial score (nSPS) is 12.7. The molecule has 3 heteroatoms. The van der Waals surface area contributed by atoms with Gasteiger partial charge in [-0.15, -0.1) is 0 Å². The number of carbonyl (C=O) groups is 1. The van der Waals surface area contributed by atoms with Crippen LogP contribution in [-0.2, 0) is 14.6 Å². The Hall–Kier alpha value is -0.570. The smallest absolute Gasteiger partial charge is 0.298 e. The molecule has 0 rings (SSSR count). The lowest BCUT2D eigenvalue weighted by Gasteiger charge is -2.32. The molecule has 0 aromatic rings. The largest absolute Gasteiger partial charge is 0.342 e. The average molecular weight is 216 g/mol. The standard InChI is InChI=1S/C12H24O3/c1-7-10(13)14-15-12(5,6)9-11(3,4)8-2/h7-9H2,1-6H3. The second kappa shape index (κ2) is 5.50. The third-order valence-electron chi connectivity index (χ3n) is 2.51. The van der Waals surface area contributed by atoms with E-state index in [1.54, 1.807) is 6.92 Å². The van der Waals surface area contributed by atoms with Crippen molar-refractivity contribution in [3.8, 4) is 0 Å². The summed E-state index contributed by atoms with van der Waals surface area (Å²) in [5.74, 6) is -0.322. The van der Waals surface area contributed by atoms with E-state index in [2.05, 4.69) is 20.8 Å². The molecule has 15 heavy (non-hydrogen) atoms. The highest BCUT2D eigenvalue weighted by molar-refractivity contribution is 5.68. The van der Waals surface area contributed by atoms with E-state index in [0.717, 1.165) is 12.8 Å². The van der Waals surface area contributed by atoms with Crippen LogP contribution in [0.2, 0.25) is 0 Å². The number of hydrogen-bond acceptors (Lipinski definition) is 3. The fraction of sp³-hybridized carbons (Fsp3) is 0.917. The molecule has 0 aromatic heterocycles. The predicted molar refractivity (Wildman–Crippen MR) is 60.2 cm³/mol. The van der Waals surface area contributed by atoms with E-state index < -0.39 is 5.60 Å². The van der Waals surface area contributed by atoms with Crippen molar-refractivity contribution in [2.45, 2.75) is 66.4 Å². The maximum atomic E-state index is 10.9. The molecule has 0 radical (unpaired) electrons. The van der Waals surface area contributed by atoms with Crippen molar-refractivity contribution < 1.29 is 14.6 Å². The topological polar surface area (TPSA) is 35.5 Å². The van der Waals surface area contributed by atoms with Crippen molar-refractivity contribution in [2.75, 3.05) is 0 Å². The molecule has 0 unspecified atom stereocenters. The van der Waals surface area contributed by atoms with Crippen molar-refractivity contribution in [2.24, 2.45) is 5.41 Å². The Balaban J connectivity index is 4.13. The summed E-state index contributed by atoms with van der Waals surface area (Å²) in [4.78, 5) is 20.8. The molecule has 0 bridgehead atoms. The third-order valence-corrected chi connectivity index (χ3v) is 2.51. The van der Waals surface area contributed by atoms with Crippen molar-refractivity contribution in [1.29, 1.82) is 0 Å². The first kappa shape index (κ1) is 14.4. The Labute approximate surface area is 93.1 Å². The van der Waals surface area contributed by atoms with Gasteiger partial charge in [0.05, 0.1) is 0 Å². The molecule has 0 aliphatic rings. The average Bonchev–Trinajstić information content (AvgIpc) is 2.13. The van der Waals surface area contributed by atoms with Gasteiger partial charge in [0.25, 0.3) is 0 Å². The first-order chi connectivity index (χ1) is 6.72. The highest BCUT2D eigenvalue weighted by Gasteiger charge is 2.30. The van der Waals surface area contributed by atoms with Crippen LogP contribution >= 0.6 is 0 Å². The summed E-state index contributed by atoms with van der Waals surface area (Å²) in [5.41, 5.74) is -0.230. The quantitative estimate of drug-likeness (QED) is 0.503. The SMILES string of the molecule is CCC(=O)OOC(C)(C)CC(C)(C)CC. The summed E-state index contributed by atoms with van der Waals surface area (Å²) in [6.45, 7) is 12.1. The summed E-state index contributed by atoms with van der Waals surface area (Å²) in [7, 11) is 0. The van der Waals surface area contributed by atoms with Crippen molar-refractivity contribution in [3.63, 3.8) is 0 Å². The molecular formula is C12H24O3. The molecule has 0 spiro atoms. The molecule has 0 aliphatic heterocycles. The number of hydrogen-bond donors (Lipinski definition) is 0. The second-order valence-electron chi connectivity index (χ2n) is 5.35. The van der Waals surface area contributed by atoms with Crippen LogP contribution in [-0.4, -0.2) is 11.6 Å². The van der Waals surface area contributed by atoms with Crippen LogP contribution in [0.1, 0.15) is 60.8 Å². The molecule has 0 fully saturated rings. The van der Waals surface area contributed by atoms with Gasteiger partial charge in [-0.25, -0.2) is 4.79 Å². The Bertz CT molecular complexity index is 207. The molecule has 0 N–H and O–H groups in total. The van der Waals surface area contributed by atoms with Gasteiger partial charge in [-0.05, 0) is 25.7 Å². The Morgan fingerprint density at radius 1 is 1.13 bits per heavy atom. The van der Waals surface area contributed by atoms with Crippen molar-refractivity contribution in [3.05, 3.63) is 0 Å². The Kier molecular flexibility index (Phi) is 5.29. The fourth-order valence-electron chi connectivity index (χ4n) is 1.53. The van der Waals surface area contributed by atoms with E-state index in [9.17, 15) is 4.79 Å². The van der Waals surface area contributed by atoms with Gasteiger partial charge in [0, 0.05) is 6.42 Å². The highest BCUT2D eigenvalue weighted by Crippen LogP contribution is 2.32. The summed E-state index contributed by atoms with van der Waals surface area (Å²) in [5, 5.41) is 0. The number of carbonyl (C=O) groups excluding carboxylic acids is 1. The molecule has 0 saturated heterocycles. The summed E-state index contributed by atoms with van der Waals surface area (Å²) < 4.78 is 0. The first-order valence-corrected chi connectivity index (χ1v) is 5.61. The lowest BCUT2D eigenvalue weighted by molar-refractivity contribution is -0.329. The number of rotatable bonds is 6. The third kappa shape index (κ3) is 6.50. The Morgan fingerprint density at radius 3 is 2.07 bits per heavy atom. The van der Waals surface area contributed by atoms with Gasteiger partial charge in [-0.3, -0.25) is 4.89 Å². The van der Waals surface area contributed by atoms with Gasteiger partial charge in [0.15, 0.2) is 0 Å². The lowest BCUT2D eigenvalue weighted by atomic mass is 9.80. The zero-order valence-corrected chi connectivity index (χ0v) is 10.8. The van der Waals surface area contributed by atoms with Crippen molar-refractivity contribution >= 4 is 5.97 Å². The molecule has 0 saturated carbocycles. The fourth-order valence-corrected chi connectivity index (χ4v) is 1.53. The summed E-state index contributed by atoms with van der Waals surface area (Å²) in [6.07, 6.45) is 2.27. The van der Waals surface area contributed by atoms with E-state index in [0.29, 0.717) is 6.42 Å². The zero-order chi connectivity index (χ0) is 12.1. The van der Waals surface area contributed by atoms with E-state index >= 15 is 0 Å². The molecule has 0 aromatic carbocycles. The first-order valence-electron chi connectivity index (χ1n) is 5.61. The van der Waals surface area contributed by atoms with E-state index in [-0.39, 0.29) is 11.4 Å². The molecule has 0 atom stereocenters. The second-order valence-corrected chi connectivity index (χ2v) is 5.35. The minimum Gasteiger partial charge on any atom is -0.298 e. The van der Waals surface area contributed by atoms with Crippen LogP contribution in [0.3, 0.4) is 0 Å². The molecule has 0 amide bonds. The van der Waals surface area contributed by atoms with Crippen LogP contribution in [0, 0.1) is 5.41 Å². The zero-order valence-electron chi connectivity index (χ0n) is 10.8.